The Morgan fingerprint density at radius 2 is 1.78 bits per heavy atom. The van der Waals surface area contributed by atoms with Gasteiger partial charge in [-0.15, -0.1) is 0 Å². The molecule has 0 aliphatic rings. The molecule has 3 aromatic rings. The Balaban J connectivity index is 1.97. The average molecular weight is 366 g/mol. The predicted octanol–water partition coefficient (Wildman–Crippen LogP) is 3.10. The van der Waals surface area contributed by atoms with E-state index in [9.17, 15) is 14.0 Å². The normalized spacial score (nSPS) is 11.6. The van der Waals surface area contributed by atoms with Gasteiger partial charge < -0.3 is 0 Å². The quantitative estimate of drug-likeness (QED) is 0.557. The minimum atomic E-state index is -0.513. The third-order valence-corrected chi connectivity index (χ3v) is 4.19. The SMILES string of the molecule is CC/C(=N\NC(=O)c1nn(CC)c(=O)c2ccccc12)c1ccc(F)cc1. The van der Waals surface area contributed by atoms with Crippen molar-refractivity contribution in [2.75, 3.05) is 0 Å². The molecule has 1 N–H and O–H groups in total. The van der Waals surface area contributed by atoms with Crippen LogP contribution in [0.2, 0.25) is 0 Å². The number of nitrogens with one attached hydrogen (secondary N) is 1. The van der Waals surface area contributed by atoms with Crippen LogP contribution < -0.4 is 11.0 Å². The lowest BCUT2D eigenvalue weighted by molar-refractivity contribution is 0.0949. The molecule has 0 unspecified atom stereocenters. The molecule has 0 radical (unpaired) electrons. The predicted molar refractivity (Wildman–Crippen MR) is 102 cm³/mol. The summed E-state index contributed by atoms with van der Waals surface area (Å²) in [7, 11) is 0. The molecule has 0 aliphatic heterocycles. The molecule has 0 spiro atoms. The van der Waals surface area contributed by atoms with Crippen LogP contribution in [0.3, 0.4) is 0 Å². The topological polar surface area (TPSA) is 76.3 Å². The Labute approximate surface area is 155 Å². The molecule has 0 fully saturated rings. The van der Waals surface area contributed by atoms with Crippen molar-refractivity contribution < 1.29 is 9.18 Å². The minimum absolute atomic E-state index is 0.130. The highest BCUT2D eigenvalue weighted by Gasteiger charge is 2.16. The van der Waals surface area contributed by atoms with Gasteiger partial charge >= 0.3 is 0 Å². The van der Waals surface area contributed by atoms with Crippen LogP contribution in [-0.4, -0.2) is 21.4 Å². The van der Waals surface area contributed by atoms with Gasteiger partial charge in [0.15, 0.2) is 5.69 Å². The number of amides is 1. The number of rotatable bonds is 5. The smallest absolute Gasteiger partial charge is 0.267 e. The standard InChI is InChI=1S/C20H19FN4O2/c1-3-17(13-9-11-14(21)12-10-13)22-23-19(26)18-15-7-5-6-8-16(15)20(27)25(4-2)24-18/h5-12H,3-4H2,1-2H3,(H,23,26)/b22-17+. The molecule has 7 heteroatoms. The van der Waals surface area contributed by atoms with Crippen LogP contribution >= 0.6 is 0 Å². The minimum Gasteiger partial charge on any atom is -0.267 e. The number of aryl methyl sites for hydroxylation is 1. The van der Waals surface area contributed by atoms with E-state index in [0.717, 1.165) is 5.56 Å². The van der Waals surface area contributed by atoms with Gasteiger partial charge in [0.2, 0.25) is 0 Å². The van der Waals surface area contributed by atoms with Crippen LogP contribution in [0.15, 0.2) is 58.4 Å². The zero-order valence-corrected chi connectivity index (χ0v) is 15.1. The van der Waals surface area contributed by atoms with Gasteiger partial charge in [0.25, 0.3) is 11.5 Å². The van der Waals surface area contributed by atoms with Crippen LogP contribution in [0.5, 0.6) is 0 Å². The van der Waals surface area contributed by atoms with Gasteiger partial charge in [-0.1, -0.05) is 37.3 Å². The van der Waals surface area contributed by atoms with Gasteiger partial charge in [0, 0.05) is 11.9 Å². The number of carbonyl (C=O) groups excluding carboxylic acids is 1. The fourth-order valence-electron chi connectivity index (χ4n) is 2.78. The highest BCUT2D eigenvalue weighted by atomic mass is 19.1. The van der Waals surface area contributed by atoms with Gasteiger partial charge in [0.1, 0.15) is 5.82 Å². The first-order chi connectivity index (χ1) is 13.0. The van der Waals surface area contributed by atoms with E-state index in [0.29, 0.717) is 29.4 Å². The van der Waals surface area contributed by atoms with Crippen molar-refractivity contribution in [3.8, 4) is 0 Å². The van der Waals surface area contributed by atoms with Gasteiger partial charge in [-0.05, 0) is 37.1 Å². The van der Waals surface area contributed by atoms with Gasteiger partial charge in [-0.25, -0.2) is 14.5 Å². The summed E-state index contributed by atoms with van der Waals surface area (Å²) in [5.74, 6) is -0.850. The zero-order chi connectivity index (χ0) is 19.4. The van der Waals surface area contributed by atoms with Crippen LogP contribution in [0.1, 0.15) is 36.3 Å². The second-order valence-corrected chi connectivity index (χ2v) is 5.87. The molecule has 0 bridgehead atoms. The lowest BCUT2D eigenvalue weighted by atomic mass is 10.1. The Morgan fingerprint density at radius 1 is 1.11 bits per heavy atom. The first kappa shape index (κ1) is 18.4. The fraction of sp³-hybridized carbons (Fsp3) is 0.200. The number of benzene rings is 2. The van der Waals surface area contributed by atoms with E-state index in [4.69, 9.17) is 0 Å². The van der Waals surface area contributed by atoms with Crippen molar-refractivity contribution in [2.24, 2.45) is 5.10 Å². The second kappa shape index (κ2) is 7.90. The van der Waals surface area contributed by atoms with Crippen LogP contribution in [0.25, 0.3) is 10.8 Å². The molecule has 0 atom stereocenters. The number of aromatic nitrogens is 2. The van der Waals surface area contributed by atoms with Crippen molar-refractivity contribution in [1.29, 1.82) is 0 Å². The first-order valence-corrected chi connectivity index (χ1v) is 8.67. The fourth-order valence-corrected chi connectivity index (χ4v) is 2.78. The summed E-state index contributed by atoms with van der Waals surface area (Å²) in [6.07, 6.45) is 0.550. The van der Waals surface area contributed by atoms with Crippen molar-refractivity contribution in [3.63, 3.8) is 0 Å². The van der Waals surface area contributed by atoms with E-state index in [1.165, 1.54) is 16.8 Å². The summed E-state index contributed by atoms with van der Waals surface area (Å²) in [5, 5.41) is 9.25. The number of halogens is 1. The third-order valence-electron chi connectivity index (χ3n) is 4.19. The summed E-state index contributed by atoms with van der Waals surface area (Å²) in [5.41, 5.74) is 3.72. The third kappa shape index (κ3) is 3.76. The monoisotopic (exact) mass is 366 g/mol. The van der Waals surface area contributed by atoms with Crippen LogP contribution in [-0.2, 0) is 6.54 Å². The molecular formula is C20H19FN4O2. The van der Waals surface area contributed by atoms with Gasteiger partial charge in [-0.3, -0.25) is 9.59 Å². The molecule has 0 saturated heterocycles. The number of hydrazone groups is 1. The molecule has 138 valence electrons. The Morgan fingerprint density at radius 3 is 2.41 bits per heavy atom. The van der Waals surface area contributed by atoms with Crippen LogP contribution in [0, 0.1) is 5.82 Å². The summed E-state index contributed by atoms with van der Waals surface area (Å²) in [6, 6.07) is 12.7. The molecule has 3 rings (SSSR count). The van der Waals surface area contributed by atoms with Crippen molar-refractivity contribution in [2.45, 2.75) is 26.8 Å². The average Bonchev–Trinajstić information content (AvgIpc) is 2.70. The van der Waals surface area contributed by atoms with E-state index in [-0.39, 0.29) is 17.1 Å². The highest BCUT2D eigenvalue weighted by Crippen LogP contribution is 2.13. The molecular weight excluding hydrogens is 347 g/mol. The van der Waals surface area contributed by atoms with Crippen molar-refractivity contribution >= 4 is 22.4 Å². The summed E-state index contributed by atoms with van der Waals surface area (Å²) < 4.78 is 14.3. The molecule has 0 aliphatic carbocycles. The van der Waals surface area contributed by atoms with Gasteiger partial charge in [0.05, 0.1) is 11.1 Å². The highest BCUT2D eigenvalue weighted by molar-refractivity contribution is 6.06. The number of fused-ring (bicyclic) bond motifs is 1. The molecule has 1 amide bonds. The van der Waals surface area contributed by atoms with Crippen LogP contribution in [0.4, 0.5) is 4.39 Å². The number of hydrogen-bond donors (Lipinski definition) is 1. The summed E-state index contributed by atoms with van der Waals surface area (Å²) in [4.78, 5) is 25.1. The molecule has 0 saturated carbocycles. The molecule has 6 nitrogen and oxygen atoms in total. The van der Waals surface area contributed by atoms with Gasteiger partial charge in [-0.2, -0.15) is 10.2 Å². The maximum atomic E-state index is 13.1. The maximum absolute atomic E-state index is 13.1. The van der Waals surface area contributed by atoms with Crippen molar-refractivity contribution in [3.05, 3.63) is 76.0 Å². The number of nitrogens with zero attached hydrogens (tertiary/aromatic N) is 3. The largest absolute Gasteiger partial charge is 0.292 e. The Kier molecular flexibility index (Phi) is 5.40. The van der Waals surface area contributed by atoms with E-state index in [2.05, 4.69) is 15.6 Å². The summed E-state index contributed by atoms with van der Waals surface area (Å²) >= 11 is 0. The zero-order valence-electron chi connectivity index (χ0n) is 15.1. The number of carbonyl (C=O) groups is 1. The molecule has 1 aromatic heterocycles. The number of hydrogen-bond acceptors (Lipinski definition) is 4. The molecule has 27 heavy (non-hydrogen) atoms. The molecule has 2 aromatic carbocycles. The molecule has 1 heterocycles. The lowest BCUT2D eigenvalue weighted by Crippen LogP contribution is -2.29. The second-order valence-electron chi connectivity index (χ2n) is 5.87. The van der Waals surface area contributed by atoms with E-state index in [1.807, 2.05) is 6.92 Å². The summed E-state index contributed by atoms with van der Waals surface area (Å²) in [6.45, 7) is 4.02. The van der Waals surface area contributed by atoms with E-state index < -0.39 is 5.91 Å². The van der Waals surface area contributed by atoms with E-state index in [1.54, 1.807) is 43.3 Å². The lowest BCUT2D eigenvalue weighted by Gasteiger charge is -2.09. The Bertz CT molecular complexity index is 1070. The Hall–Kier alpha value is -3.35. The first-order valence-electron chi connectivity index (χ1n) is 8.67. The van der Waals surface area contributed by atoms with E-state index >= 15 is 0 Å². The van der Waals surface area contributed by atoms with Crippen molar-refractivity contribution in [1.82, 2.24) is 15.2 Å². The maximum Gasteiger partial charge on any atom is 0.292 e.